The Labute approximate surface area is 132 Å². The standard InChI is InChI=1S/C15H15ClFN3O2/c1-8-9(2)15(20-19-14(8)16)18-12-5-4-10(6-11(12)17)7-13(21)22-3/h4-6H,7H2,1-3H3,(H,18,20). The van der Waals surface area contributed by atoms with Crippen LogP contribution in [0.1, 0.15) is 16.7 Å². The van der Waals surface area contributed by atoms with Gasteiger partial charge in [0.2, 0.25) is 0 Å². The van der Waals surface area contributed by atoms with Crippen LogP contribution < -0.4 is 5.32 Å². The van der Waals surface area contributed by atoms with Gasteiger partial charge in [0.25, 0.3) is 0 Å². The van der Waals surface area contributed by atoms with E-state index >= 15 is 0 Å². The van der Waals surface area contributed by atoms with Crippen LogP contribution in [0.3, 0.4) is 0 Å². The maximum atomic E-state index is 14.1. The third kappa shape index (κ3) is 3.51. The van der Waals surface area contributed by atoms with Crippen LogP contribution in [0.5, 0.6) is 0 Å². The van der Waals surface area contributed by atoms with E-state index in [4.69, 9.17) is 11.6 Å². The Kier molecular flexibility index (Phi) is 4.92. The summed E-state index contributed by atoms with van der Waals surface area (Å²) in [6.07, 6.45) is 0.0204. The summed E-state index contributed by atoms with van der Waals surface area (Å²) in [6, 6.07) is 4.47. The highest BCUT2D eigenvalue weighted by atomic mass is 35.5. The summed E-state index contributed by atoms with van der Waals surface area (Å²) >= 11 is 5.88. The normalized spacial score (nSPS) is 10.4. The van der Waals surface area contributed by atoms with Crippen molar-refractivity contribution < 1.29 is 13.9 Å². The number of aromatic nitrogens is 2. The number of carbonyl (C=O) groups is 1. The molecule has 0 amide bonds. The van der Waals surface area contributed by atoms with Crippen molar-refractivity contribution in [2.45, 2.75) is 20.3 Å². The molecule has 5 nitrogen and oxygen atoms in total. The van der Waals surface area contributed by atoms with Crippen LogP contribution >= 0.6 is 11.6 Å². The fraction of sp³-hybridized carbons (Fsp3) is 0.267. The number of ether oxygens (including phenoxy) is 1. The third-order valence-electron chi connectivity index (χ3n) is 3.33. The van der Waals surface area contributed by atoms with Crippen LogP contribution in [-0.4, -0.2) is 23.3 Å². The van der Waals surface area contributed by atoms with Gasteiger partial charge in [-0.25, -0.2) is 4.39 Å². The average molecular weight is 324 g/mol. The van der Waals surface area contributed by atoms with Crippen LogP contribution in [0.25, 0.3) is 0 Å². The Morgan fingerprint density at radius 1 is 1.32 bits per heavy atom. The molecule has 2 aromatic rings. The average Bonchev–Trinajstić information content (AvgIpc) is 2.50. The Morgan fingerprint density at radius 2 is 2.05 bits per heavy atom. The lowest BCUT2D eigenvalue weighted by molar-refractivity contribution is -0.139. The second-order valence-corrected chi connectivity index (χ2v) is 5.14. The molecule has 0 saturated heterocycles. The van der Waals surface area contributed by atoms with Crippen molar-refractivity contribution in [1.29, 1.82) is 0 Å². The fourth-order valence-corrected chi connectivity index (χ4v) is 2.01. The first-order chi connectivity index (χ1) is 10.4. The minimum atomic E-state index is -0.491. The van der Waals surface area contributed by atoms with Crippen LogP contribution in [-0.2, 0) is 16.0 Å². The van der Waals surface area contributed by atoms with Crippen molar-refractivity contribution >= 4 is 29.1 Å². The van der Waals surface area contributed by atoms with Gasteiger partial charge in [-0.2, -0.15) is 0 Å². The molecule has 0 unspecified atom stereocenters. The molecule has 0 spiro atoms. The number of rotatable bonds is 4. The van der Waals surface area contributed by atoms with Crippen molar-refractivity contribution in [2.75, 3.05) is 12.4 Å². The minimum absolute atomic E-state index is 0.0204. The summed E-state index contributed by atoms with van der Waals surface area (Å²) in [5, 5.41) is 10.9. The molecule has 116 valence electrons. The molecular formula is C15H15ClFN3O2. The van der Waals surface area contributed by atoms with E-state index in [-0.39, 0.29) is 12.1 Å². The lowest BCUT2D eigenvalue weighted by Gasteiger charge is -2.11. The zero-order chi connectivity index (χ0) is 16.3. The quantitative estimate of drug-likeness (QED) is 0.874. The van der Waals surface area contributed by atoms with Crippen LogP contribution in [0.4, 0.5) is 15.9 Å². The number of esters is 1. The zero-order valence-corrected chi connectivity index (χ0v) is 13.2. The Balaban J connectivity index is 2.24. The van der Waals surface area contributed by atoms with Gasteiger partial charge in [-0.1, -0.05) is 17.7 Å². The molecule has 0 atom stereocenters. The molecule has 1 N–H and O–H groups in total. The van der Waals surface area contributed by atoms with Crippen molar-refractivity contribution in [3.63, 3.8) is 0 Å². The van der Waals surface area contributed by atoms with Crippen molar-refractivity contribution in [3.05, 3.63) is 45.9 Å². The van der Waals surface area contributed by atoms with E-state index in [1.54, 1.807) is 12.1 Å². The highest BCUT2D eigenvalue weighted by molar-refractivity contribution is 6.30. The number of hydrogen-bond donors (Lipinski definition) is 1. The summed E-state index contributed by atoms with van der Waals surface area (Å²) in [7, 11) is 1.29. The zero-order valence-electron chi connectivity index (χ0n) is 12.4. The summed E-state index contributed by atoms with van der Waals surface area (Å²) in [4.78, 5) is 11.2. The lowest BCUT2D eigenvalue weighted by Crippen LogP contribution is -2.06. The molecule has 0 aliphatic rings. The predicted octanol–water partition coefficient (Wildman–Crippen LogP) is 3.35. The second-order valence-electron chi connectivity index (χ2n) is 4.78. The summed E-state index contributed by atoms with van der Waals surface area (Å²) in [6.45, 7) is 3.63. The first kappa shape index (κ1) is 16.2. The number of carbonyl (C=O) groups excluding carboxylic acids is 1. The molecular weight excluding hydrogens is 309 g/mol. The van der Waals surface area contributed by atoms with E-state index in [0.29, 0.717) is 16.5 Å². The maximum Gasteiger partial charge on any atom is 0.309 e. The van der Waals surface area contributed by atoms with Crippen LogP contribution in [0.2, 0.25) is 5.15 Å². The summed E-state index contributed by atoms with van der Waals surface area (Å²) in [5.41, 5.74) is 2.35. The second kappa shape index (κ2) is 6.70. The minimum Gasteiger partial charge on any atom is -0.469 e. The predicted molar refractivity (Wildman–Crippen MR) is 81.9 cm³/mol. The highest BCUT2D eigenvalue weighted by Crippen LogP contribution is 2.25. The first-order valence-electron chi connectivity index (χ1n) is 6.54. The van der Waals surface area contributed by atoms with E-state index < -0.39 is 11.8 Å². The van der Waals surface area contributed by atoms with Gasteiger partial charge in [0.1, 0.15) is 5.82 Å². The van der Waals surface area contributed by atoms with Gasteiger partial charge in [-0.15, -0.1) is 10.2 Å². The maximum absolute atomic E-state index is 14.1. The molecule has 0 bridgehead atoms. The molecule has 0 radical (unpaired) electrons. The first-order valence-corrected chi connectivity index (χ1v) is 6.91. The van der Waals surface area contributed by atoms with Crippen molar-refractivity contribution in [1.82, 2.24) is 10.2 Å². The Morgan fingerprint density at radius 3 is 2.68 bits per heavy atom. The smallest absolute Gasteiger partial charge is 0.309 e. The van der Waals surface area contributed by atoms with Crippen molar-refractivity contribution in [3.8, 4) is 0 Å². The van der Waals surface area contributed by atoms with E-state index in [1.807, 2.05) is 13.8 Å². The number of anilines is 2. The van der Waals surface area contributed by atoms with Crippen LogP contribution in [0.15, 0.2) is 18.2 Å². The van der Waals surface area contributed by atoms with E-state index in [9.17, 15) is 9.18 Å². The monoisotopic (exact) mass is 323 g/mol. The van der Waals surface area contributed by atoms with Crippen LogP contribution in [0, 0.1) is 19.7 Å². The number of nitrogens with one attached hydrogen (secondary N) is 1. The van der Waals surface area contributed by atoms with Gasteiger partial charge < -0.3 is 10.1 Å². The number of methoxy groups -OCH3 is 1. The van der Waals surface area contributed by atoms with Gasteiger partial charge in [0, 0.05) is 0 Å². The molecule has 0 fully saturated rings. The SMILES string of the molecule is COC(=O)Cc1ccc(Nc2nnc(Cl)c(C)c2C)c(F)c1. The lowest BCUT2D eigenvalue weighted by atomic mass is 10.1. The van der Waals surface area contributed by atoms with Gasteiger partial charge in [-0.3, -0.25) is 4.79 Å². The van der Waals surface area contributed by atoms with Crippen molar-refractivity contribution in [2.24, 2.45) is 0 Å². The van der Waals surface area contributed by atoms with E-state index in [0.717, 1.165) is 11.1 Å². The Hall–Kier alpha value is -2.21. The molecule has 1 heterocycles. The molecule has 0 aliphatic heterocycles. The van der Waals surface area contributed by atoms with Gasteiger partial charge in [-0.05, 0) is 42.7 Å². The van der Waals surface area contributed by atoms with E-state index in [2.05, 4.69) is 20.3 Å². The third-order valence-corrected chi connectivity index (χ3v) is 3.69. The van der Waals surface area contributed by atoms with E-state index in [1.165, 1.54) is 13.2 Å². The molecule has 1 aromatic carbocycles. The molecule has 1 aromatic heterocycles. The molecule has 22 heavy (non-hydrogen) atoms. The molecule has 0 aliphatic carbocycles. The molecule has 7 heteroatoms. The fourth-order valence-electron chi connectivity index (χ4n) is 1.83. The topological polar surface area (TPSA) is 64.1 Å². The summed E-state index contributed by atoms with van der Waals surface area (Å²) in [5.74, 6) is -0.480. The largest absolute Gasteiger partial charge is 0.469 e. The van der Waals surface area contributed by atoms with Gasteiger partial charge in [0.15, 0.2) is 11.0 Å². The molecule has 0 saturated carbocycles. The highest BCUT2D eigenvalue weighted by Gasteiger charge is 2.12. The summed E-state index contributed by atoms with van der Waals surface area (Å²) < 4.78 is 18.7. The van der Waals surface area contributed by atoms with Gasteiger partial charge >= 0.3 is 5.97 Å². The Bertz CT molecular complexity index is 722. The number of hydrogen-bond acceptors (Lipinski definition) is 5. The van der Waals surface area contributed by atoms with Gasteiger partial charge in [0.05, 0.1) is 19.2 Å². The number of benzene rings is 1. The molecule has 2 rings (SSSR count). The number of halogens is 2. The number of nitrogens with zero attached hydrogens (tertiary/aromatic N) is 2.